The molecule has 9 heteroatoms. The Balaban J connectivity index is 1.97. The summed E-state index contributed by atoms with van der Waals surface area (Å²) in [5.41, 5.74) is 1.71. The van der Waals surface area contributed by atoms with Gasteiger partial charge in [-0.1, -0.05) is 6.07 Å². The van der Waals surface area contributed by atoms with Crippen LogP contribution in [0.2, 0.25) is 0 Å². The Morgan fingerprint density at radius 1 is 1.32 bits per heavy atom. The number of carbonyl (C=O) groups is 1. The lowest BCUT2D eigenvalue weighted by molar-refractivity contribution is -0.120. The van der Waals surface area contributed by atoms with Crippen LogP contribution in [0.4, 0.5) is 5.69 Å². The van der Waals surface area contributed by atoms with Crippen LogP contribution in [0.25, 0.3) is 11.0 Å². The van der Waals surface area contributed by atoms with Crippen molar-refractivity contribution >= 4 is 44.2 Å². The van der Waals surface area contributed by atoms with Crippen molar-refractivity contribution in [2.45, 2.75) is 17.6 Å². The van der Waals surface area contributed by atoms with Gasteiger partial charge in [0.05, 0.1) is 17.4 Å². The molecule has 22 heavy (non-hydrogen) atoms. The monoisotopic (exact) mass is 341 g/mol. The summed E-state index contributed by atoms with van der Waals surface area (Å²) < 4.78 is 36.4. The third-order valence-corrected chi connectivity index (χ3v) is 6.51. The number of rotatable bonds is 3. The van der Waals surface area contributed by atoms with Gasteiger partial charge in [-0.15, -0.1) is 0 Å². The zero-order valence-corrected chi connectivity index (χ0v) is 13.5. The van der Waals surface area contributed by atoms with E-state index in [1.54, 1.807) is 18.2 Å². The summed E-state index contributed by atoms with van der Waals surface area (Å²) in [6.07, 6.45) is 1.41. The zero-order chi connectivity index (χ0) is 15.8. The SMILES string of the molecule is CS(=O)(=O)C1(C(=O)Nc2cccc3nsnc23)CCOCC1. The summed E-state index contributed by atoms with van der Waals surface area (Å²) >= 11 is 1.04. The van der Waals surface area contributed by atoms with Gasteiger partial charge in [-0.2, -0.15) is 8.75 Å². The van der Waals surface area contributed by atoms with Gasteiger partial charge >= 0.3 is 0 Å². The van der Waals surface area contributed by atoms with Gasteiger partial charge in [-0.05, 0) is 25.0 Å². The Morgan fingerprint density at radius 3 is 2.73 bits per heavy atom. The second-order valence-corrected chi connectivity index (χ2v) is 8.12. The zero-order valence-electron chi connectivity index (χ0n) is 11.9. The fourth-order valence-electron chi connectivity index (χ4n) is 2.61. The molecule has 0 atom stereocenters. The lowest BCUT2D eigenvalue weighted by atomic mass is 9.98. The van der Waals surface area contributed by atoms with Crippen LogP contribution in [0.5, 0.6) is 0 Å². The lowest BCUT2D eigenvalue weighted by Crippen LogP contribution is -2.52. The van der Waals surface area contributed by atoms with E-state index in [-0.39, 0.29) is 26.1 Å². The van der Waals surface area contributed by atoms with E-state index in [2.05, 4.69) is 14.1 Å². The molecule has 1 fully saturated rings. The predicted molar refractivity (Wildman–Crippen MR) is 83.7 cm³/mol. The first kappa shape index (κ1) is 15.3. The van der Waals surface area contributed by atoms with Crippen LogP contribution >= 0.6 is 11.7 Å². The van der Waals surface area contributed by atoms with E-state index in [0.717, 1.165) is 18.0 Å². The van der Waals surface area contributed by atoms with Crippen molar-refractivity contribution in [3.63, 3.8) is 0 Å². The summed E-state index contributed by atoms with van der Waals surface area (Å²) in [6.45, 7) is 0.506. The molecule has 0 spiro atoms. The highest BCUT2D eigenvalue weighted by Crippen LogP contribution is 2.32. The molecule has 0 unspecified atom stereocenters. The normalized spacial score (nSPS) is 18.2. The molecule has 1 aromatic heterocycles. The van der Waals surface area contributed by atoms with Crippen LogP contribution in [0.3, 0.4) is 0 Å². The summed E-state index contributed by atoms with van der Waals surface area (Å²) in [6, 6.07) is 5.22. The molecule has 1 aliphatic heterocycles. The molecule has 2 aromatic rings. The molecular formula is C13H15N3O4S2. The van der Waals surface area contributed by atoms with Crippen LogP contribution < -0.4 is 5.32 Å². The molecular weight excluding hydrogens is 326 g/mol. The van der Waals surface area contributed by atoms with Gasteiger partial charge in [0.1, 0.15) is 11.0 Å². The summed E-state index contributed by atoms with van der Waals surface area (Å²) in [4.78, 5) is 12.7. The number of aromatic nitrogens is 2. The molecule has 1 N–H and O–H groups in total. The van der Waals surface area contributed by atoms with Crippen molar-refractivity contribution in [1.82, 2.24) is 8.75 Å². The molecule has 0 saturated carbocycles. The first-order chi connectivity index (χ1) is 10.4. The Hall–Kier alpha value is -1.58. The minimum absolute atomic E-state index is 0.156. The smallest absolute Gasteiger partial charge is 0.246 e. The third kappa shape index (κ3) is 2.49. The molecule has 118 valence electrons. The lowest BCUT2D eigenvalue weighted by Gasteiger charge is -2.33. The maximum atomic E-state index is 12.7. The summed E-state index contributed by atoms with van der Waals surface area (Å²) in [5.74, 6) is -0.529. The maximum absolute atomic E-state index is 12.7. The largest absolute Gasteiger partial charge is 0.381 e. The van der Waals surface area contributed by atoms with E-state index in [1.165, 1.54) is 0 Å². The highest BCUT2D eigenvalue weighted by atomic mass is 32.2. The highest BCUT2D eigenvalue weighted by Gasteiger charge is 2.49. The standard InChI is InChI=1S/C13H15N3O4S2/c1-22(18,19)13(5-7-20-8-6-13)12(17)14-9-3-2-4-10-11(9)16-21-15-10/h2-4H,5-8H2,1H3,(H,14,17). The number of sulfone groups is 1. The maximum Gasteiger partial charge on any atom is 0.246 e. The van der Waals surface area contributed by atoms with Crippen LogP contribution in [0.15, 0.2) is 18.2 Å². The highest BCUT2D eigenvalue weighted by molar-refractivity contribution is 7.92. The van der Waals surface area contributed by atoms with E-state index in [9.17, 15) is 13.2 Å². The van der Waals surface area contributed by atoms with Gasteiger partial charge in [-0.3, -0.25) is 4.79 Å². The van der Waals surface area contributed by atoms with E-state index in [1.807, 2.05) is 0 Å². The second kappa shape index (κ2) is 5.56. The number of fused-ring (bicyclic) bond motifs is 1. The Bertz CT molecular complexity index is 810. The van der Waals surface area contributed by atoms with Gasteiger partial charge in [0, 0.05) is 19.5 Å². The third-order valence-electron chi connectivity index (χ3n) is 3.96. The summed E-state index contributed by atoms with van der Waals surface area (Å²) in [7, 11) is -3.57. The minimum atomic E-state index is -3.57. The van der Waals surface area contributed by atoms with Crippen molar-refractivity contribution in [3.05, 3.63) is 18.2 Å². The number of hydrogen-bond acceptors (Lipinski definition) is 7. The van der Waals surface area contributed by atoms with Crippen LogP contribution in [-0.2, 0) is 19.4 Å². The quantitative estimate of drug-likeness (QED) is 0.901. The van der Waals surface area contributed by atoms with Gasteiger partial charge in [-0.25, -0.2) is 8.42 Å². The average Bonchev–Trinajstić information content (AvgIpc) is 2.96. The van der Waals surface area contributed by atoms with Crippen LogP contribution in [0.1, 0.15) is 12.8 Å². The Kier molecular flexibility index (Phi) is 3.87. The molecule has 2 heterocycles. The number of amides is 1. The molecule has 1 amide bonds. The Morgan fingerprint density at radius 2 is 2.05 bits per heavy atom. The van der Waals surface area contributed by atoms with Gasteiger partial charge in [0.25, 0.3) is 0 Å². The molecule has 7 nitrogen and oxygen atoms in total. The summed E-state index contributed by atoms with van der Waals surface area (Å²) in [5, 5.41) is 2.72. The number of benzene rings is 1. The van der Waals surface area contributed by atoms with Crippen molar-refractivity contribution < 1.29 is 17.9 Å². The minimum Gasteiger partial charge on any atom is -0.381 e. The predicted octanol–water partition coefficient (Wildman–Crippen LogP) is 1.22. The van der Waals surface area contributed by atoms with E-state index in [4.69, 9.17) is 4.74 Å². The second-order valence-electron chi connectivity index (χ2n) is 5.27. The van der Waals surface area contributed by atoms with Crippen molar-refractivity contribution in [2.24, 2.45) is 0 Å². The molecule has 0 aliphatic carbocycles. The molecule has 1 aliphatic rings. The number of nitrogens with one attached hydrogen (secondary N) is 1. The molecule has 1 aromatic carbocycles. The fourth-order valence-corrected chi connectivity index (χ4v) is 4.46. The van der Waals surface area contributed by atoms with Crippen molar-refractivity contribution in [2.75, 3.05) is 24.8 Å². The Labute approximate surface area is 131 Å². The van der Waals surface area contributed by atoms with E-state index >= 15 is 0 Å². The topological polar surface area (TPSA) is 98.2 Å². The molecule has 3 rings (SSSR count). The van der Waals surface area contributed by atoms with E-state index in [0.29, 0.717) is 16.7 Å². The van der Waals surface area contributed by atoms with Crippen LogP contribution in [-0.4, -0.2) is 47.3 Å². The average molecular weight is 341 g/mol. The first-order valence-electron chi connectivity index (χ1n) is 6.74. The number of nitrogens with zero attached hydrogens (tertiary/aromatic N) is 2. The molecule has 0 radical (unpaired) electrons. The van der Waals surface area contributed by atoms with Gasteiger partial charge < -0.3 is 10.1 Å². The van der Waals surface area contributed by atoms with Crippen molar-refractivity contribution in [3.8, 4) is 0 Å². The van der Waals surface area contributed by atoms with E-state index < -0.39 is 20.5 Å². The number of anilines is 1. The number of carbonyl (C=O) groups excluding carboxylic acids is 1. The number of ether oxygens (including phenoxy) is 1. The number of hydrogen-bond donors (Lipinski definition) is 1. The van der Waals surface area contributed by atoms with Crippen LogP contribution in [0, 0.1) is 0 Å². The van der Waals surface area contributed by atoms with Gasteiger partial charge in [0.15, 0.2) is 14.6 Å². The molecule has 1 saturated heterocycles. The van der Waals surface area contributed by atoms with Crippen molar-refractivity contribution in [1.29, 1.82) is 0 Å². The molecule has 0 bridgehead atoms. The van der Waals surface area contributed by atoms with Gasteiger partial charge in [0.2, 0.25) is 5.91 Å². The fraction of sp³-hybridized carbons (Fsp3) is 0.462. The first-order valence-corrected chi connectivity index (χ1v) is 9.36.